The van der Waals surface area contributed by atoms with Crippen LogP contribution in [0.3, 0.4) is 0 Å². The molecule has 1 aliphatic rings. The molecule has 0 aliphatic carbocycles. The van der Waals surface area contributed by atoms with Crippen molar-refractivity contribution in [3.63, 3.8) is 0 Å². The third-order valence-corrected chi connectivity index (χ3v) is 5.17. The lowest BCUT2D eigenvalue weighted by atomic mass is 10.0. The minimum absolute atomic E-state index is 0.0732. The van der Waals surface area contributed by atoms with Gasteiger partial charge in [-0.2, -0.15) is 0 Å². The van der Waals surface area contributed by atoms with Crippen molar-refractivity contribution in [2.45, 2.75) is 31.8 Å². The highest BCUT2D eigenvalue weighted by Crippen LogP contribution is 2.23. The van der Waals surface area contributed by atoms with Crippen LogP contribution in [0.4, 0.5) is 0 Å². The summed E-state index contributed by atoms with van der Waals surface area (Å²) in [5.41, 5.74) is 0.949. The topological polar surface area (TPSA) is 63.4 Å². The number of aromatic nitrogens is 1. The summed E-state index contributed by atoms with van der Waals surface area (Å²) in [6, 6.07) is 9.85. The molecule has 5 nitrogen and oxygen atoms in total. The van der Waals surface area contributed by atoms with Gasteiger partial charge in [0, 0.05) is 17.9 Å². The summed E-state index contributed by atoms with van der Waals surface area (Å²) < 4.78 is 29.1. The summed E-state index contributed by atoms with van der Waals surface area (Å²) in [6.45, 7) is 1.52. The van der Waals surface area contributed by atoms with Gasteiger partial charge in [-0.3, -0.25) is 4.90 Å². The van der Waals surface area contributed by atoms with Crippen LogP contribution >= 0.6 is 0 Å². The lowest BCUT2D eigenvalue weighted by molar-refractivity contribution is 0.144. The van der Waals surface area contributed by atoms with Crippen molar-refractivity contribution < 1.29 is 12.8 Å². The molecule has 124 valence electrons. The van der Waals surface area contributed by atoms with Crippen LogP contribution in [0.1, 0.15) is 25.0 Å². The lowest BCUT2D eigenvalue weighted by Gasteiger charge is -2.34. The molecule has 6 heteroatoms. The summed E-state index contributed by atoms with van der Waals surface area (Å²) >= 11 is 0. The predicted octanol–water partition coefficient (Wildman–Crippen LogP) is 2.74. The first-order chi connectivity index (χ1) is 11.0. The molecule has 2 heterocycles. The maximum absolute atomic E-state index is 11.6. The van der Waals surface area contributed by atoms with Crippen LogP contribution in [0.25, 0.3) is 11.5 Å². The van der Waals surface area contributed by atoms with E-state index in [-0.39, 0.29) is 11.8 Å². The number of nitrogens with zero attached hydrogens (tertiary/aromatic N) is 2. The average molecular weight is 334 g/mol. The quantitative estimate of drug-likeness (QED) is 0.841. The van der Waals surface area contributed by atoms with Crippen LogP contribution in [-0.2, 0) is 16.4 Å². The van der Waals surface area contributed by atoms with E-state index in [1.54, 1.807) is 6.20 Å². The summed E-state index contributed by atoms with van der Waals surface area (Å²) in [4.78, 5) is 6.55. The van der Waals surface area contributed by atoms with Crippen molar-refractivity contribution in [3.8, 4) is 11.5 Å². The molecule has 1 saturated heterocycles. The number of likely N-dealkylation sites (tertiary alicyclic amines) is 1. The van der Waals surface area contributed by atoms with Crippen molar-refractivity contribution >= 4 is 9.84 Å². The second-order valence-electron chi connectivity index (χ2n) is 6.21. The fourth-order valence-corrected chi connectivity index (χ4v) is 4.18. The van der Waals surface area contributed by atoms with Gasteiger partial charge in [-0.25, -0.2) is 13.4 Å². The largest absolute Gasteiger partial charge is 0.440 e. The van der Waals surface area contributed by atoms with Crippen molar-refractivity contribution in [3.05, 3.63) is 42.3 Å². The van der Waals surface area contributed by atoms with E-state index in [0.717, 1.165) is 37.1 Å². The highest BCUT2D eigenvalue weighted by Gasteiger charge is 2.26. The number of benzene rings is 1. The van der Waals surface area contributed by atoms with E-state index in [4.69, 9.17) is 4.42 Å². The summed E-state index contributed by atoms with van der Waals surface area (Å²) in [5, 5.41) is 0. The first kappa shape index (κ1) is 16.2. The summed E-state index contributed by atoms with van der Waals surface area (Å²) in [5.74, 6) is 1.61. The first-order valence-corrected chi connectivity index (χ1v) is 9.99. The number of sulfone groups is 1. The molecule has 0 radical (unpaired) electrons. The Balaban J connectivity index is 1.71. The number of hydrogen-bond acceptors (Lipinski definition) is 5. The molecule has 0 bridgehead atoms. The Labute approximate surface area is 137 Å². The van der Waals surface area contributed by atoms with Gasteiger partial charge in [-0.05, 0) is 31.5 Å². The van der Waals surface area contributed by atoms with E-state index in [1.165, 1.54) is 6.26 Å². The Hall–Kier alpha value is -1.66. The SMILES string of the molecule is CS(=O)(=O)CC1CCCCN1Cc1cnc(-c2ccccc2)o1. The molecular weight excluding hydrogens is 312 g/mol. The fraction of sp³-hybridized carbons (Fsp3) is 0.471. The Kier molecular flexibility index (Phi) is 4.82. The smallest absolute Gasteiger partial charge is 0.226 e. The molecule has 2 aromatic rings. The van der Waals surface area contributed by atoms with Crippen molar-refractivity contribution in [2.75, 3.05) is 18.6 Å². The molecule has 0 N–H and O–H groups in total. The van der Waals surface area contributed by atoms with Gasteiger partial charge in [0.05, 0.1) is 18.5 Å². The number of piperidine rings is 1. The third kappa shape index (κ3) is 4.42. The second-order valence-corrected chi connectivity index (χ2v) is 8.40. The Bertz CT molecular complexity index is 740. The van der Waals surface area contributed by atoms with Gasteiger partial charge in [-0.1, -0.05) is 24.6 Å². The molecule has 1 aromatic heterocycles. The molecule has 0 saturated carbocycles. The molecule has 23 heavy (non-hydrogen) atoms. The minimum Gasteiger partial charge on any atom is -0.440 e. The van der Waals surface area contributed by atoms with Crippen LogP contribution in [0.15, 0.2) is 40.9 Å². The number of hydrogen-bond donors (Lipinski definition) is 0. The van der Waals surface area contributed by atoms with Crippen LogP contribution in [0, 0.1) is 0 Å². The normalized spacial score (nSPS) is 19.8. The zero-order chi connectivity index (χ0) is 16.3. The molecule has 1 aromatic carbocycles. The van der Waals surface area contributed by atoms with Crippen LogP contribution in [0.2, 0.25) is 0 Å². The van der Waals surface area contributed by atoms with Crippen molar-refractivity contribution in [2.24, 2.45) is 0 Å². The van der Waals surface area contributed by atoms with E-state index >= 15 is 0 Å². The highest BCUT2D eigenvalue weighted by atomic mass is 32.2. The van der Waals surface area contributed by atoms with Crippen molar-refractivity contribution in [1.29, 1.82) is 0 Å². The van der Waals surface area contributed by atoms with E-state index in [1.807, 2.05) is 30.3 Å². The Morgan fingerprint density at radius 3 is 2.78 bits per heavy atom. The molecule has 3 rings (SSSR count). The van der Waals surface area contributed by atoms with Crippen LogP contribution < -0.4 is 0 Å². The molecule has 0 amide bonds. The zero-order valence-corrected chi connectivity index (χ0v) is 14.1. The van der Waals surface area contributed by atoms with E-state index in [2.05, 4.69) is 9.88 Å². The minimum atomic E-state index is -2.97. The van der Waals surface area contributed by atoms with Crippen LogP contribution in [-0.4, -0.2) is 42.9 Å². The first-order valence-electron chi connectivity index (χ1n) is 7.93. The monoisotopic (exact) mass is 334 g/mol. The van der Waals surface area contributed by atoms with Gasteiger partial charge in [0.15, 0.2) is 0 Å². The molecule has 1 atom stereocenters. The van der Waals surface area contributed by atoms with E-state index < -0.39 is 9.84 Å². The predicted molar refractivity (Wildman–Crippen MR) is 89.7 cm³/mol. The summed E-state index contributed by atoms with van der Waals surface area (Å²) in [7, 11) is -2.97. The molecule has 0 spiro atoms. The van der Waals surface area contributed by atoms with Gasteiger partial charge in [0.1, 0.15) is 15.6 Å². The molecular formula is C17H22N2O3S. The van der Waals surface area contributed by atoms with E-state index in [9.17, 15) is 8.42 Å². The zero-order valence-electron chi connectivity index (χ0n) is 13.3. The van der Waals surface area contributed by atoms with Gasteiger partial charge >= 0.3 is 0 Å². The Morgan fingerprint density at radius 1 is 1.26 bits per heavy atom. The lowest BCUT2D eigenvalue weighted by Crippen LogP contribution is -2.42. The third-order valence-electron chi connectivity index (χ3n) is 4.18. The number of rotatable bonds is 5. The van der Waals surface area contributed by atoms with Gasteiger partial charge in [0.25, 0.3) is 0 Å². The van der Waals surface area contributed by atoms with Gasteiger partial charge < -0.3 is 4.42 Å². The number of oxazole rings is 1. The highest BCUT2D eigenvalue weighted by molar-refractivity contribution is 7.90. The maximum Gasteiger partial charge on any atom is 0.226 e. The molecule has 1 aliphatic heterocycles. The fourth-order valence-electron chi connectivity index (χ4n) is 3.10. The molecule has 1 unspecified atom stereocenters. The average Bonchev–Trinajstić information content (AvgIpc) is 2.97. The molecule has 1 fully saturated rings. The van der Waals surface area contributed by atoms with Crippen LogP contribution in [0.5, 0.6) is 0 Å². The van der Waals surface area contributed by atoms with E-state index in [0.29, 0.717) is 12.4 Å². The van der Waals surface area contributed by atoms with Crippen molar-refractivity contribution in [1.82, 2.24) is 9.88 Å². The van der Waals surface area contributed by atoms with Gasteiger partial charge in [-0.15, -0.1) is 0 Å². The Morgan fingerprint density at radius 2 is 2.04 bits per heavy atom. The summed E-state index contributed by atoms with van der Waals surface area (Å²) in [6.07, 6.45) is 6.16. The second kappa shape index (κ2) is 6.84. The van der Waals surface area contributed by atoms with Gasteiger partial charge in [0.2, 0.25) is 5.89 Å². The maximum atomic E-state index is 11.6. The standard InChI is InChI=1S/C17H22N2O3S/c1-23(20,21)13-15-9-5-6-10-19(15)12-16-11-18-17(22-16)14-7-3-2-4-8-14/h2-4,7-8,11,15H,5-6,9-10,12-13H2,1H3.